The number of Topliss-reactive ketones (excluding diaryl/α,β-unsaturated/α-hetero) is 2. The summed E-state index contributed by atoms with van der Waals surface area (Å²) < 4.78 is 0. The van der Waals surface area contributed by atoms with Gasteiger partial charge in [-0.3, -0.25) is 14.4 Å². The molecule has 1 aliphatic carbocycles. The highest BCUT2D eigenvalue weighted by Crippen LogP contribution is 2.40. The summed E-state index contributed by atoms with van der Waals surface area (Å²) in [7, 11) is 0. The standard InChI is InChI=1S/C7H9NO4/c1-2-3(8)7(6(11)12)4(9)5(7)10/h3H,2,8H2,1H3,(H,11,12). The fourth-order valence-corrected chi connectivity index (χ4v) is 1.24. The van der Waals surface area contributed by atoms with Crippen LogP contribution >= 0.6 is 0 Å². The van der Waals surface area contributed by atoms with Crippen LogP contribution < -0.4 is 5.73 Å². The molecule has 1 saturated carbocycles. The van der Waals surface area contributed by atoms with E-state index in [0.717, 1.165) is 0 Å². The molecular formula is C7H9NO4. The molecule has 1 atom stereocenters. The maximum Gasteiger partial charge on any atom is 0.327 e. The largest absolute Gasteiger partial charge is 0.480 e. The van der Waals surface area contributed by atoms with Gasteiger partial charge in [-0.2, -0.15) is 0 Å². The first-order valence-electron chi connectivity index (χ1n) is 3.57. The number of hydrogen-bond acceptors (Lipinski definition) is 4. The van der Waals surface area contributed by atoms with Crippen molar-refractivity contribution in [3.63, 3.8) is 0 Å². The van der Waals surface area contributed by atoms with E-state index in [9.17, 15) is 14.4 Å². The second-order valence-electron chi connectivity index (χ2n) is 2.79. The van der Waals surface area contributed by atoms with E-state index in [1.54, 1.807) is 6.92 Å². The van der Waals surface area contributed by atoms with Crippen LogP contribution in [0.4, 0.5) is 0 Å². The Bertz CT molecular complexity index is 257. The van der Waals surface area contributed by atoms with Crippen molar-refractivity contribution < 1.29 is 19.5 Å². The summed E-state index contributed by atoms with van der Waals surface area (Å²) in [5.41, 5.74) is 3.46. The van der Waals surface area contributed by atoms with E-state index in [2.05, 4.69) is 0 Å². The van der Waals surface area contributed by atoms with Gasteiger partial charge < -0.3 is 10.8 Å². The van der Waals surface area contributed by atoms with Gasteiger partial charge >= 0.3 is 5.97 Å². The number of carboxylic acids is 1. The topological polar surface area (TPSA) is 97.5 Å². The Labute approximate surface area is 68.5 Å². The fourth-order valence-electron chi connectivity index (χ4n) is 1.24. The van der Waals surface area contributed by atoms with Gasteiger partial charge in [0, 0.05) is 6.04 Å². The number of ketones is 2. The van der Waals surface area contributed by atoms with E-state index in [1.807, 2.05) is 0 Å². The van der Waals surface area contributed by atoms with Gasteiger partial charge in [-0.15, -0.1) is 0 Å². The summed E-state index contributed by atoms with van der Waals surface area (Å²) in [6.45, 7) is 1.63. The number of aliphatic carboxylic acids is 1. The zero-order valence-corrected chi connectivity index (χ0v) is 6.53. The number of carbonyl (C=O) groups is 3. The lowest BCUT2D eigenvalue weighted by atomic mass is 9.95. The van der Waals surface area contributed by atoms with Crippen molar-refractivity contribution in [2.24, 2.45) is 11.1 Å². The van der Waals surface area contributed by atoms with Crippen molar-refractivity contribution in [2.75, 3.05) is 0 Å². The lowest BCUT2D eigenvalue weighted by molar-refractivity contribution is -0.146. The first kappa shape index (κ1) is 8.86. The summed E-state index contributed by atoms with van der Waals surface area (Å²) in [6, 6.07) is -0.894. The Hall–Kier alpha value is -1.23. The number of hydrogen-bond donors (Lipinski definition) is 2. The maximum absolute atomic E-state index is 10.8. The van der Waals surface area contributed by atoms with E-state index >= 15 is 0 Å². The third-order valence-corrected chi connectivity index (χ3v) is 2.19. The summed E-state index contributed by atoms with van der Waals surface area (Å²) in [5.74, 6) is -3.17. The zero-order valence-electron chi connectivity index (χ0n) is 6.53. The highest BCUT2D eigenvalue weighted by Gasteiger charge is 2.74. The molecule has 0 heterocycles. The van der Waals surface area contributed by atoms with Crippen molar-refractivity contribution in [3.05, 3.63) is 0 Å². The Morgan fingerprint density at radius 2 is 2.00 bits per heavy atom. The molecular weight excluding hydrogens is 162 g/mol. The average Bonchev–Trinajstić information content (AvgIpc) is 2.55. The second kappa shape index (κ2) is 2.38. The van der Waals surface area contributed by atoms with Crippen molar-refractivity contribution in [1.29, 1.82) is 0 Å². The minimum atomic E-state index is -1.91. The molecule has 1 rings (SSSR count). The van der Waals surface area contributed by atoms with Gasteiger partial charge in [0.05, 0.1) is 0 Å². The molecule has 5 nitrogen and oxygen atoms in total. The smallest absolute Gasteiger partial charge is 0.327 e. The molecule has 0 aliphatic heterocycles. The average molecular weight is 171 g/mol. The van der Waals surface area contributed by atoms with Gasteiger partial charge in [0.25, 0.3) is 0 Å². The number of carboxylic acid groups (broad SMARTS) is 1. The summed E-state index contributed by atoms with van der Waals surface area (Å²) in [6.07, 6.45) is 0.295. The quantitative estimate of drug-likeness (QED) is 0.417. The minimum absolute atomic E-state index is 0.295. The molecule has 0 radical (unpaired) electrons. The Morgan fingerprint density at radius 1 is 1.58 bits per heavy atom. The molecule has 0 spiro atoms. The third kappa shape index (κ3) is 0.739. The highest BCUT2D eigenvalue weighted by molar-refractivity contribution is 6.69. The van der Waals surface area contributed by atoms with Gasteiger partial charge in [-0.1, -0.05) is 6.92 Å². The van der Waals surface area contributed by atoms with Crippen LogP contribution in [0.25, 0.3) is 0 Å². The Balaban J connectivity index is 3.01. The van der Waals surface area contributed by atoms with E-state index in [1.165, 1.54) is 0 Å². The first-order chi connectivity index (χ1) is 5.49. The van der Waals surface area contributed by atoms with Gasteiger partial charge in [-0.25, -0.2) is 0 Å². The highest BCUT2D eigenvalue weighted by atomic mass is 16.4. The van der Waals surface area contributed by atoms with Crippen molar-refractivity contribution in [1.82, 2.24) is 0 Å². The van der Waals surface area contributed by atoms with Crippen LogP contribution in [0.3, 0.4) is 0 Å². The van der Waals surface area contributed by atoms with Crippen LogP contribution in [0.1, 0.15) is 13.3 Å². The minimum Gasteiger partial charge on any atom is -0.480 e. The van der Waals surface area contributed by atoms with Crippen LogP contribution in [0.15, 0.2) is 0 Å². The van der Waals surface area contributed by atoms with Crippen LogP contribution in [-0.2, 0) is 14.4 Å². The monoisotopic (exact) mass is 171 g/mol. The molecule has 1 fully saturated rings. The van der Waals surface area contributed by atoms with E-state index in [4.69, 9.17) is 10.8 Å². The Morgan fingerprint density at radius 3 is 2.08 bits per heavy atom. The molecule has 1 unspecified atom stereocenters. The van der Waals surface area contributed by atoms with Crippen LogP contribution in [-0.4, -0.2) is 28.7 Å². The lowest BCUT2D eigenvalue weighted by Crippen LogP contribution is -2.39. The van der Waals surface area contributed by atoms with Crippen molar-refractivity contribution in [2.45, 2.75) is 19.4 Å². The molecule has 5 heteroatoms. The summed E-state index contributed by atoms with van der Waals surface area (Å²) >= 11 is 0. The molecule has 0 bridgehead atoms. The molecule has 0 aromatic rings. The molecule has 0 saturated heterocycles. The lowest BCUT2D eigenvalue weighted by Gasteiger charge is -2.11. The summed E-state index contributed by atoms with van der Waals surface area (Å²) in [4.78, 5) is 32.1. The van der Waals surface area contributed by atoms with E-state index < -0.39 is 29.0 Å². The molecule has 66 valence electrons. The van der Waals surface area contributed by atoms with E-state index in [-0.39, 0.29) is 0 Å². The molecule has 0 amide bonds. The van der Waals surface area contributed by atoms with Gasteiger partial charge in [-0.05, 0) is 6.42 Å². The van der Waals surface area contributed by atoms with Crippen LogP contribution in [0, 0.1) is 5.41 Å². The molecule has 12 heavy (non-hydrogen) atoms. The number of carbonyl (C=O) groups excluding carboxylic acids is 2. The molecule has 3 N–H and O–H groups in total. The molecule has 0 aromatic carbocycles. The zero-order chi connectivity index (χ0) is 9.52. The van der Waals surface area contributed by atoms with Gasteiger partial charge in [0.2, 0.25) is 17.0 Å². The molecule has 1 aliphatic rings. The van der Waals surface area contributed by atoms with E-state index in [0.29, 0.717) is 6.42 Å². The third-order valence-electron chi connectivity index (χ3n) is 2.19. The predicted molar refractivity (Wildman–Crippen MR) is 38.3 cm³/mol. The van der Waals surface area contributed by atoms with Gasteiger partial charge in [0.15, 0.2) is 0 Å². The normalized spacial score (nSPS) is 22.2. The second-order valence-corrected chi connectivity index (χ2v) is 2.79. The first-order valence-corrected chi connectivity index (χ1v) is 3.57. The van der Waals surface area contributed by atoms with Gasteiger partial charge in [0.1, 0.15) is 0 Å². The van der Waals surface area contributed by atoms with Crippen molar-refractivity contribution >= 4 is 17.5 Å². The van der Waals surface area contributed by atoms with Crippen molar-refractivity contribution in [3.8, 4) is 0 Å². The predicted octanol–water partition coefficient (Wildman–Crippen LogP) is -1.05. The molecule has 0 aromatic heterocycles. The maximum atomic E-state index is 10.8. The SMILES string of the molecule is CCC(N)C1(C(=O)O)C(=O)C1=O. The Kier molecular flexibility index (Phi) is 1.76. The number of nitrogens with two attached hydrogens (primary N) is 1. The van der Waals surface area contributed by atoms with Crippen LogP contribution in [0.5, 0.6) is 0 Å². The van der Waals surface area contributed by atoms with Crippen LogP contribution in [0.2, 0.25) is 0 Å². The number of rotatable bonds is 3. The fraction of sp³-hybridized carbons (Fsp3) is 0.571. The summed E-state index contributed by atoms with van der Waals surface area (Å²) in [5, 5.41) is 8.62.